The molecule has 0 amide bonds. The Bertz CT molecular complexity index is 946. The number of benzene rings is 1. The first-order chi connectivity index (χ1) is 13.9. The summed E-state index contributed by atoms with van der Waals surface area (Å²) in [7, 11) is 1.56. The number of nitrogens with two attached hydrogens (primary N) is 1. The number of rotatable bonds is 6. The minimum Gasteiger partial charge on any atom is -0.398 e. The van der Waals surface area contributed by atoms with E-state index >= 15 is 0 Å². The highest BCUT2D eigenvalue weighted by atomic mass is 19.1. The van der Waals surface area contributed by atoms with Crippen LogP contribution in [0.4, 0.5) is 15.9 Å². The molecule has 8 nitrogen and oxygen atoms in total. The zero-order valence-electron chi connectivity index (χ0n) is 16.4. The van der Waals surface area contributed by atoms with Gasteiger partial charge >= 0.3 is 0 Å². The van der Waals surface area contributed by atoms with Gasteiger partial charge in [0.05, 0.1) is 30.0 Å². The summed E-state index contributed by atoms with van der Waals surface area (Å²) in [5, 5.41) is 16.1. The largest absolute Gasteiger partial charge is 0.398 e. The Morgan fingerprint density at radius 1 is 1.41 bits per heavy atom. The fraction of sp³-hybridized carbons (Fsp3) is 0.350. The molecule has 3 rings (SSSR count). The van der Waals surface area contributed by atoms with Crippen molar-refractivity contribution in [2.75, 3.05) is 37.4 Å². The summed E-state index contributed by atoms with van der Waals surface area (Å²) in [5.74, 6) is -0.479. The van der Waals surface area contributed by atoms with Crippen molar-refractivity contribution in [3.05, 3.63) is 47.2 Å². The maximum atomic E-state index is 14.4. The molecule has 2 heterocycles. The van der Waals surface area contributed by atoms with E-state index in [4.69, 9.17) is 21.3 Å². The van der Waals surface area contributed by atoms with Crippen LogP contribution in [-0.2, 0) is 4.74 Å². The lowest BCUT2D eigenvalue weighted by molar-refractivity contribution is 0.0529. The fourth-order valence-electron chi connectivity index (χ4n) is 3.27. The minimum absolute atomic E-state index is 0.0610. The van der Waals surface area contributed by atoms with Gasteiger partial charge in [0, 0.05) is 55.4 Å². The first-order valence-corrected chi connectivity index (χ1v) is 9.24. The molecule has 2 aromatic rings. The third kappa shape index (κ3) is 4.45. The molecule has 1 saturated heterocycles. The molecule has 152 valence electrons. The molecule has 2 unspecified atom stereocenters. The van der Waals surface area contributed by atoms with Crippen molar-refractivity contribution >= 4 is 29.6 Å². The Kier molecular flexibility index (Phi) is 6.28. The van der Waals surface area contributed by atoms with Gasteiger partial charge in [0.1, 0.15) is 18.0 Å². The summed E-state index contributed by atoms with van der Waals surface area (Å²) >= 11 is 0. The van der Waals surface area contributed by atoms with Gasteiger partial charge in [-0.1, -0.05) is 0 Å². The topological polar surface area (TPSA) is 124 Å². The van der Waals surface area contributed by atoms with E-state index in [0.29, 0.717) is 36.8 Å². The first kappa shape index (κ1) is 20.5. The van der Waals surface area contributed by atoms with Gasteiger partial charge in [-0.05, 0) is 19.1 Å². The average molecular weight is 397 g/mol. The van der Waals surface area contributed by atoms with Gasteiger partial charge in [-0.15, -0.1) is 0 Å². The monoisotopic (exact) mass is 397 g/mol. The van der Waals surface area contributed by atoms with E-state index in [0.717, 1.165) is 6.21 Å². The van der Waals surface area contributed by atoms with Crippen molar-refractivity contribution in [1.29, 1.82) is 10.8 Å². The highest BCUT2D eigenvalue weighted by Gasteiger charge is 2.21. The summed E-state index contributed by atoms with van der Waals surface area (Å²) in [4.78, 5) is 14.5. The van der Waals surface area contributed by atoms with E-state index < -0.39 is 11.7 Å². The molecule has 29 heavy (non-hydrogen) atoms. The molecule has 0 radical (unpaired) electrons. The number of nitrogens with zero attached hydrogens (tertiary/aromatic N) is 4. The molecule has 4 N–H and O–H groups in total. The zero-order chi connectivity index (χ0) is 21.0. The van der Waals surface area contributed by atoms with Crippen molar-refractivity contribution in [3.8, 4) is 0 Å². The quantitative estimate of drug-likeness (QED) is 0.509. The number of anilines is 2. The van der Waals surface area contributed by atoms with Crippen molar-refractivity contribution in [2.45, 2.75) is 18.9 Å². The standard InChI is InChI=1S/C20H24FN7O/c1-12-10-28(3-4-29-12)19-7-18(26-11-27-19)20(24)15-5-14(13(8-22)9-25-2)16(21)6-17(15)23/h5-9,11-13,22,24H,3-4,10,23H2,1-2H3. The van der Waals surface area contributed by atoms with E-state index in [2.05, 4.69) is 19.9 Å². The Hall–Kier alpha value is -3.20. The highest BCUT2D eigenvalue weighted by molar-refractivity contribution is 6.13. The molecule has 0 spiro atoms. The number of aliphatic imine (C=N–C) groups is 1. The van der Waals surface area contributed by atoms with Crippen LogP contribution in [0, 0.1) is 16.6 Å². The Labute approximate surface area is 168 Å². The second-order valence-corrected chi connectivity index (χ2v) is 6.82. The lowest BCUT2D eigenvalue weighted by Crippen LogP contribution is -2.41. The molecule has 9 heteroatoms. The summed E-state index contributed by atoms with van der Waals surface area (Å²) < 4.78 is 20.0. The van der Waals surface area contributed by atoms with Gasteiger partial charge in [-0.25, -0.2) is 14.4 Å². The predicted molar refractivity (Wildman–Crippen MR) is 112 cm³/mol. The number of morpholine rings is 1. The van der Waals surface area contributed by atoms with Crippen LogP contribution in [0.3, 0.4) is 0 Å². The third-order valence-electron chi connectivity index (χ3n) is 4.76. The van der Waals surface area contributed by atoms with Gasteiger partial charge in [-0.2, -0.15) is 0 Å². The molecule has 0 bridgehead atoms. The van der Waals surface area contributed by atoms with Crippen LogP contribution in [0.5, 0.6) is 0 Å². The van der Waals surface area contributed by atoms with Crippen LogP contribution in [-0.4, -0.2) is 61.0 Å². The second kappa shape index (κ2) is 8.87. The van der Waals surface area contributed by atoms with E-state index in [1.165, 1.54) is 24.7 Å². The molecule has 0 saturated carbocycles. The lowest BCUT2D eigenvalue weighted by Gasteiger charge is -2.32. The fourth-order valence-corrected chi connectivity index (χ4v) is 3.27. The van der Waals surface area contributed by atoms with Crippen LogP contribution >= 0.6 is 0 Å². The number of hydrogen-bond donors (Lipinski definition) is 3. The molecule has 1 aliphatic heterocycles. The summed E-state index contributed by atoms with van der Waals surface area (Å²) in [6.07, 6.45) is 4.06. The second-order valence-electron chi connectivity index (χ2n) is 6.82. The highest BCUT2D eigenvalue weighted by Crippen LogP contribution is 2.26. The van der Waals surface area contributed by atoms with Gasteiger partial charge in [-0.3, -0.25) is 10.4 Å². The van der Waals surface area contributed by atoms with Gasteiger partial charge < -0.3 is 20.8 Å². The zero-order valence-corrected chi connectivity index (χ0v) is 16.4. The normalized spacial score (nSPS) is 18.0. The van der Waals surface area contributed by atoms with Crippen LogP contribution in [0.1, 0.15) is 29.7 Å². The van der Waals surface area contributed by atoms with E-state index in [9.17, 15) is 4.39 Å². The van der Waals surface area contributed by atoms with Crippen LogP contribution in [0.15, 0.2) is 29.5 Å². The Morgan fingerprint density at radius 2 is 2.21 bits per heavy atom. The van der Waals surface area contributed by atoms with E-state index in [-0.39, 0.29) is 23.1 Å². The Balaban J connectivity index is 1.96. The number of nitrogens with one attached hydrogen (secondary N) is 2. The van der Waals surface area contributed by atoms with Crippen LogP contribution in [0.2, 0.25) is 0 Å². The first-order valence-electron chi connectivity index (χ1n) is 9.24. The summed E-state index contributed by atoms with van der Waals surface area (Å²) in [6.45, 7) is 4.00. The SMILES string of the molecule is CN=CC(C=N)c1cc(C(=N)c2cc(N3CCOC(C)C3)ncn2)c(N)cc1F. The average Bonchev–Trinajstić information content (AvgIpc) is 2.72. The maximum absolute atomic E-state index is 14.4. The Morgan fingerprint density at radius 3 is 2.90 bits per heavy atom. The van der Waals surface area contributed by atoms with E-state index in [1.807, 2.05) is 6.92 Å². The maximum Gasteiger partial charge on any atom is 0.132 e. The van der Waals surface area contributed by atoms with Crippen molar-refractivity contribution < 1.29 is 9.13 Å². The molecule has 1 aromatic heterocycles. The van der Waals surface area contributed by atoms with E-state index in [1.54, 1.807) is 13.1 Å². The molecular formula is C20H24FN7O. The minimum atomic E-state index is -0.636. The van der Waals surface area contributed by atoms with Gasteiger partial charge in [0.25, 0.3) is 0 Å². The van der Waals surface area contributed by atoms with Crippen LogP contribution in [0.25, 0.3) is 0 Å². The molecule has 0 aliphatic carbocycles. The predicted octanol–water partition coefficient (Wildman–Crippen LogP) is 2.27. The molecule has 1 fully saturated rings. The molecular weight excluding hydrogens is 373 g/mol. The smallest absolute Gasteiger partial charge is 0.132 e. The van der Waals surface area contributed by atoms with Crippen molar-refractivity contribution in [2.24, 2.45) is 4.99 Å². The van der Waals surface area contributed by atoms with Gasteiger partial charge in [0.2, 0.25) is 0 Å². The number of hydrogen-bond acceptors (Lipinski definition) is 8. The summed E-state index contributed by atoms with van der Waals surface area (Å²) in [5.41, 5.74) is 7.16. The third-order valence-corrected chi connectivity index (χ3v) is 4.76. The van der Waals surface area contributed by atoms with Crippen molar-refractivity contribution in [1.82, 2.24) is 9.97 Å². The molecule has 1 aromatic carbocycles. The molecule has 1 aliphatic rings. The number of aromatic nitrogens is 2. The van der Waals surface area contributed by atoms with Crippen LogP contribution < -0.4 is 10.6 Å². The lowest BCUT2D eigenvalue weighted by atomic mass is 9.95. The number of halogens is 1. The summed E-state index contributed by atoms with van der Waals surface area (Å²) in [6, 6.07) is 4.39. The number of ether oxygens (including phenoxy) is 1. The van der Waals surface area contributed by atoms with Crippen molar-refractivity contribution in [3.63, 3.8) is 0 Å². The number of nitrogen functional groups attached to an aromatic ring is 1. The molecule has 2 atom stereocenters. The van der Waals surface area contributed by atoms with Gasteiger partial charge in [0.15, 0.2) is 0 Å².